The molecule has 1 aromatic heterocycles. The summed E-state index contributed by atoms with van der Waals surface area (Å²) in [5, 5.41) is 13.7. The van der Waals surface area contributed by atoms with Gasteiger partial charge < -0.3 is 25.0 Å². The number of hydrogen-bond acceptors (Lipinski definition) is 6. The molecule has 0 atom stereocenters. The minimum absolute atomic E-state index is 0.0918. The molecule has 0 saturated carbocycles. The second-order valence-electron chi connectivity index (χ2n) is 8.27. The molecule has 0 bridgehead atoms. The molecule has 2 aromatic rings. The van der Waals surface area contributed by atoms with Crippen LogP contribution in [0.5, 0.6) is 0 Å². The Hall–Kier alpha value is -4.22. The van der Waals surface area contributed by atoms with Crippen molar-refractivity contribution in [3.8, 4) is 5.69 Å². The smallest absolute Gasteiger partial charge is 0.405 e. The summed E-state index contributed by atoms with van der Waals surface area (Å²) >= 11 is 0. The molecule has 2 heterocycles. The van der Waals surface area contributed by atoms with Gasteiger partial charge in [0.2, 0.25) is 5.91 Å². The summed E-state index contributed by atoms with van der Waals surface area (Å²) in [5.74, 6) is -0.284. The maximum Gasteiger partial charge on any atom is 0.405 e. The average molecular weight is 470 g/mol. The molecule has 12 heteroatoms. The van der Waals surface area contributed by atoms with Gasteiger partial charge in [0.25, 0.3) is 0 Å². The quantitative estimate of drug-likeness (QED) is 0.525. The number of aldehydes is 1. The SMILES string of the molecule is CC(C)(NC(=O)O)C(=O)N1CCN(C(=O)Nc2ccn(-c3ccc(CC=O)cc3)c(=O)n2)CC1. The fourth-order valence-corrected chi connectivity index (χ4v) is 3.58. The summed E-state index contributed by atoms with van der Waals surface area (Å²) < 4.78 is 1.32. The van der Waals surface area contributed by atoms with Crippen molar-refractivity contribution in [3.63, 3.8) is 0 Å². The molecule has 1 aliphatic rings. The third-order valence-electron chi connectivity index (χ3n) is 5.38. The number of nitrogens with zero attached hydrogens (tertiary/aromatic N) is 4. The van der Waals surface area contributed by atoms with Crippen LogP contribution >= 0.6 is 0 Å². The molecule has 1 saturated heterocycles. The van der Waals surface area contributed by atoms with Crippen LogP contribution in [0.1, 0.15) is 19.4 Å². The van der Waals surface area contributed by atoms with E-state index in [1.807, 2.05) is 0 Å². The molecule has 1 fully saturated rings. The van der Waals surface area contributed by atoms with E-state index < -0.39 is 23.4 Å². The monoisotopic (exact) mass is 470 g/mol. The van der Waals surface area contributed by atoms with Crippen molar-refractivity contribution in [2.24, 2.45) is 0 Å². The van der Waals surface area contributed by atoms with Crippen molar-refractivity contribution in [2.75, 3.05) is 31.5 Å². The van der Waals surface area contributed by atoms with E-state index in [1.165, 1.54) is 40.5 Å². The van der Waals surface area contributed by atoms with Crippen molar-refractivity contribution < 1.29 is 24.3 Å². The van der Waals surface area contributed by atoms with Crippen LogP contribution in [0, 0.1) is 0 Å². The van der Waals surface area contributed by atoms with Crippen LogP contribution in [0.2, 0.25) is 0 Å². The van der Waals surface area contributed by atoms with Gasteiger partial charge in [0.05, 0.1) is 5.69 Å². The molecule has 0 unspecified atom stereocenters. The Morgan fingerprint density at radius 1 is 1.06 bits per heavy atom. The third kappa shape index (κ3) is 5.77. The first-order valence-electron chi connectivity index (χ1n) is 10.6. The topological polar surface area (TPSA) is 154 Å². The van der Waals surface area contributed by atoms with Gasteiger partial charge in [0.15, 0.2) is 0 Å². The lowest BCUT2D eigenvalue weighted by Gasteiger charge is -2.38. The minimum Gasteiger partial charge on any atom is -0.465 e. The van der Waals surface area contributed by atoms with E-state index in [0.717, 1.165) is 11.8 Å². The van der Waals surface area contributed by atoms with Crippen molar-refractivity contribution >= 4 is 30.1 Å². The second kappa shape index (κ2) is 10.1. The van der Waals surface area contributed by atoms with Crippen LogP contribution in [0.3, 0.4) is 0 Å². The van der Waals surface area contributed by atoms with E-state index in [0.29, 0.717) is 5.69 Å². The normalized spacial score (nSPS) is 13.8. The van der Waals surface area contributed by atoms with Crippen LogP contribution in [0.4, 0.5) is 15.4 Å². The zero-order valence-electron chi connectivity index (χ0n) is 18.9. The number of amides is 4. The molecule has 0 aliphatic carbocycles. The second-order valence-corrected chi connectivity index (χ2v) is 8.27. The van der Waals surface area contributed by atoms with Crippen molar-refractivity contribution in [1.29, 1.82) is 0 Å². The van der Waals surface area contributed by atoms with Gasteiger partial charge in [-0.15, -0.1) is 0 Å². The Morgan fingerprint density at radius 2 is 1.68 bits per heavy atom. The van der Waals surface area contributed by atoms with Crippen molar-refractivity contribution in [2.45, 2.75) is 25.8 Å². The van der Waals surface area contributed by atoms with Gasteiger partial charge in [-0.1, -0.05) is 12.1 Å². The molecule has 1 aromatic carbocycles. The van der Waals surface area contributed by atoms with Crippen molar-refractivity contribution in [1.82, 2.24) is 24.7 Å². The molecular formula is C22H26N6O6. The largest absolute Gasteiger partial charge is 0.465 e. The standard InChI is InChI=1S/C22H26N6O6/c1-22(2,25-21(33)34)18(30)26-10-12-27(13-11-26)19(31)23-17-7-9-28(20(32)24-17)16-5-3-15(4-6-16)8-14-29/h3-7,9,14,25H,8,10-13H2,1-2H3,(H,33,34)(H,23,24,31,32). The van der Waals surface area contributed by atoms with Crippen LogP contribution in [-0.4, -0.2) is 80.5 Å². The first-order chi connectivity index (χ1) is 16.1. The molecule has 0 spiro atoms. The Balaban J connectivity index is 1.58. The number of piperazine rings is 1. The van der Waals surface area contributed by atoms with E-state index in [4.69, 9.17) is 5.11 Å². The average Bonchev–Trinajstić information content (AvgIpc) is 2.79. The molecule has 180 valence electrons. The number of carboxylic acid groups (broad SMARTS) is 1. The number of carbonyl (C=O) groups is 4. The molecule has 12 nitrogen and oxygen atoms in total. The van der Waals surface area contributed by atoms with Crippen LogP contribution < -0.4 is 16.3 Å². The highest BCUT2D eigenvalue weighted by Gasteiger charge is 2.35. The van der Waals surface area contributed by atoms with Gasteiger partial charge in [-0.2, -0.15) is 4.98 Å². The Bertz CT molecular complexity index is 1140. The zero-order chi connectivity index (χ0) is 24.9. The lowest BCUT2D eigenvalue weighted by Crippen LogP contribution is -2.60. The number of urea groups is 1. The summed E-state index contributed by atoms with van der Waals surface area (Å²) in [6.45, 7) is 3.93. The van der Waals surface area contributed by atoms with Crippen molar-refractivity contribution in [3.05, 3.63) is 52.6 Å². The number of rotatable bonds is 6. The fourth-order valence-electron chi connectivity index (χ4n) is 3.58. The fraction of sp³-hybridized carbons (Fsp3) is 0.364. The molecule has 0 radical (unpaired) electrons. The number of nitrogens with one attached hydrogen (secondary N) is 2. The van der Waals surface area contributed by atoms with E-state index in [-0.39, 0.29) is 44.3 Å². The lowest BCUT2D eigenvalue weighted by molar-refractivity contribution is -0.138. The van der Waals surface area contributed by atoms with Crippen LogP contribution in [0.15, 0.2) is 41.3 Å². The third-order valence-corrected chi connectivity index (χ3v) is 5.38. The van der Waals surface area contributed by atoms with Gasteiger partial charge >= 0.3 is 17.8 Å². The van der Waals surface area contributed by atoms with Crippen LogP contribution in [-0.2, 0) is 16.0 Å². The predicted octanol–water partition coefficient (Wildman–Crippen LogP) is 0.696. The molecule has 3 N–H and O–H groups in total. The number of anilines is 1. The van der Waals surface area contributed by atoms with Gasteiger partial charge in [0, 0.05) is 38.8 Å². The zero-order valence-corrected chi connectivity index (χ0v) is 18.9. The maximum absolute atomic E-state index is 12.6. The first-order valence-corrected chi connectivity index (χ1v) is 10.6. The van der Waals surface area contributed by atoms with Gasteiger partial charge in [-0.05, 0) is 37.6 Å². The van der Waals surface area contributed by atoms with E-state index >= 15 is 0 Å². The van der Waals surface area contributed by atoms with Gasteiger partial charge in [-0.3, -0.25) is 14.7 Å². The first kappa shape index (κ1) is 24.4. The highest BCUT2D eigenvalue weighted by Crippen LogP contribution is 2.13. The maximum atomic E-state index is 12.6. The number of carbonyl (C=O) groups excluding carboxylic acids is 3. The highest BCUT2D eigenvalue weighted by atomic mass is 16.4. The van der Waals surface area contributed by atoms with E-state index in [1.54, 1.807) is 24.3 Å². The van der Waals surface area contributed by atoms with Crippen LogP contribution in [0.25, 0.3) is 5.69 Å². The molecule has 4 amide bonds. The minimum atomic E-state index is -1.29. The highest BCUT2D eigenvalue weighted by molar-refractivity contribution is 5.90. The number of hydrogen-bond donors (Lipinski definition) is 3. The molecule has 3 rings (SSSR count). The Kier molecular flexibility index (Phi) is 7.29. The number of benzene rings is 1. The Morgan fingerprint density at radius 3 is 2.24 bits per heavy atom. The summed E-state index contributed by atoms with van der Waals surface area (Å²) in [7, 11) is 0. The molecule has 1 aliphatic heterocycles. The van der Waals surface area contributed by atoms with Gasteiger partial charge in [0.1, 0.15) is 17.6 Å². The summed E-state index contributed by atoms with van der Waals surface area (Å²) in [5.41, 5.74) is -0.457. The summed E-state index contributed by atoms with van der Waals surface area (Å²) in [6.07, 6.45) is 1.29. The summed E-state index contributed by atoms with van der Waals surface area (Å²) in [4.78, 5) is 66.0. The molecular weight excluding hydrogens is 444 g/mol. The van der Waals surface area contributed by atoms with E-state index in [9.17, 15) is 24.0 Å². The molecule has 34 heavy (non-hydrogen) atoms. The van der Waals surface area contributed by atoms with E-state index in [2.05, 4.69) is 15.6 Å². The Labute approximate surface area is 195 Å². The number of aromatic nitrogens is 2. The summed E-state index contributed by atoms with van der Waals surface area (Å²) in [6, 6.07) is 7.93. The predicted molar refractivity (Wildman–Crippen MR) is 122 cm³/mol. The lowest BCUT2D eigenvalue weighted by atomic mass is 10.0. The van der Waals surface area contributed by atoms with Gasteiger partial charge in [-0.25, -0.2) is 14.4 Å².